The molecule has 1 unspecified atom stereocenters. The fraction of sp³-hybridized carbons (Fsp3) is 0.444. The van der Waals surface area contributed by atoms with Crippen LogP contribution in [0.4, 0.5) is 0 Å². The van der Waals surface area contributed by atoms with Gasteiger partial charge in [0.1, 0.15) is 5.69 Å². The van der Waals surface area contributed by atoms with Crippen molar-refractivity contribution in [3.8, 4) is 0 Å². The number of hydrogen-bond donors (Lipinski definition) is 3. The average Bonchev–Trinajstić information content (AvgIpc) is 2.85. The molecule has 0 fully saturated rings. The zero-order valence-corrected chi connectivity index (χ0v) is 9.31. The number of hydrogen-bond acceptors (Lipinski definition) is 5. The Labute approximate surface area is 93.0 Å². The highest BCUT2D eigenvalue weighted by molar-refractivity contribution is 5.13. The van der Waals surface area contributed by atoms with Gasteiger partial charge < -0.3 is 0 Å². The van der Waals surface area contributed by atoms with Crippen molar-refractivity contribution in [2.75, 3.05) is 0 Å². The van der Waals surface area contributed by atoms with Crippen LogP contribution in [0.2, 0.25) is 0 Å². The van der Waals surface area contributed by atoms with Gasteiger partial charge in [-0.3, -0.25) is 16.0 Å². The normalized spacial score (nSPS) is 12.9. The molecule has 2 heterocycles. The van der Waals surface area contributed by atoms with E-state index in [9.17, 15) is 0 Å². The van der Waals surface area contributed by atoms with E-state index < -0.39 is 0 Å². The molecule has 0 saturated carbocycles. The van der Waals surface area contributed by atoms with Crippen LogP contribution >= 0.6 is 0 Å². The Bertz CT molecular complexity index is 444. The van der Waals surface area contributed by atoms with Gasteiger partial charge in [-0.2, -0.15) is 20.5 Å². The first-order valence-corrected chi connectivity index (χ1v) is 5.02. The van der Waals surface area contributed by atoms with E-state index in [2.05, 4.69) is 25.9 Å². The second-order valence-electron chi connectivity index (χ2n) is 3.72. The van der Waals surface area contributed by atoms with Crippen molar-refractivity contribution in [2.24, 2.45) is 12.9 Å². The summed E-state index contributed by atoms with van der Waals surface area (Å²) in [4.78, 5) is 0. The third-order valence-electron chi connectivity index (χ3n) is 2.50. The van der Waals surface area contributed by atoms with Gasteiger partial charge in [-0.05, 0) is 13.0 Å². The van der Waals surface area contributed by atoms with E-state index in [1.807, 2.05) is 24.7 Å². The molecule has 0 saturated heterocycles. The maximum Gasteiger partial charge on any atom is 0.101 e. The van der Waals surface area contributed by atoms with Crippen molar-refractivity contribution in [3.63, 3.8) is 0 Å². The molecule has 16 heavy (non-hydrogen) atoms. The van der Waals surface area contributed by atoms with Crippen molar-refractivity contribution in [1.29, 1.82) is 0 Å². The Morgan fingerprint density at radius 1 is 1.62 bits per heavy atom. The smallest absolute Gasteiger partial charge is 0.101 e. The Kier molecular flexibility index (Phi) is 2.97. The zero-order valence-electron chi connectivity index (χ0n) is 9.31. The second kappa shape index (κ2) is 4.42. The molecule has 86 valence electrons. The largest absolute Gasteiger partial charge is 0.272 e. The summed E-state index contributed by atoms with van der Waals surface area (Å²) in [5.74, 6) is 5.51. The number of aryl methyl sites for hydroxylation is 2. The summed E-state index contributed by atoms with van der Waals surface area (Å²) in [6, 6.07) is 1.97. The van der Waals surface area contributed by atoms with Crippen LogP contribution in [0.5, 0.6) is 0 Å². The van der Waals surface area contributed by atoms with Crippen molar-refractivity contribution >= 4 is 0 Å². The molecule has 4 N–H and O–H groups in total. The number of aromatic amines is 1. The highest BCUT2D eigenvalue weighted by atomic mass is 15.3. The first-order valence-electron chi connectivity index (χ1n) is 5.02. The maximum atomic E-state index is 5.51. The van der Waals surface area contributed by atoms with E-state index in [4.69, 9.17) is 5.84 Å². The number of H-pyrrole nitrogens is 1. The van der Waals surface area contributed by atoms with Crippen molar-refractivity contribution < 1.29 is 0 Å². The summed E-state index contributed by atoms with van der Waals surface area (Å²) in [6.45, 7) is 1.96. The van der Waals surface area contributed by atoms with Gasteiger partial charge in [-0.25, -0.2) is 0 Å². The summed E-state index contributed by atoms with van der Waals surface area (Å²) < 4.78 is 1.85. The summed E-state index contributed by atoms with van der Waals surface area (Å²) in [5.41, 5.74) is 5.61. The highest BCUT2D eigenvalue weighted by Crippen LogP contribution is 2.14. The van der Waals surface area contributed by atoms with E-state index >= 15 is 0 Å². The first-order chi connectivity index (χ1) is 7.70. The van der Waals surface area contributed by atoms with E-state index in [0.29, 0.717) is 0 Å². The van der Waals surface area contributed by atoms with Gasteiger partial charge in [0.05, 0.1) is 17.9 Å². The van der Waals surface area contributed by atoms with Gasteiger partial charge in [0.15, 0.2) is 0 Å². The van der Waals surface area contributed by atoms with Gasteiger partial charge in [0, 0.05) is 19.2 Å². The van der Waals surface area contributed by atoms with Crippen molar-refractivity contribution in [3.05, 3.63) is 29.3 Å². The number of hydrazine groups is 1. The third kappa shape index (κ3) is 2.10. The lowest BCUT2D eigenvalue weighted by Gasteiger charge is -2.12. The van der Waals surface area contributed by atoms with Crippen LogP contribution in [-0.2, 0) is 13.5 Å². The van der Waals surface area contributed by atoms with Crippen LogP contribution in [0, 0.1) is 6.92 Å². The average molecular weight is 221 g/mol. The maximum absolute atomic E-state index is 5.51. The SMILES string of the molecule is Cc1cc(CC(NN)c2cn[nH]n2)n(C)n1. The highest BCUT2D eigenvalue weighted by Gasteiger charge is 2.15. The Morgan fingerprint density at radius 2 is 2.44 bits per heavy atom. The summed E-state index contributed by atoms with van der Waals surface area (Å²) in [5, 5.41) is 14.6. The van der Waals surface area contributed by atoms with Gasteiger partial charge in [0.2, 0.25) is 0 Å². The van der Waals surface area contributed by atoms with E-state index in [0.717, 1.165) is 23.5 Å². The molecule has 0 aliphatic heterocycles. The van der Waals surface area contributed by atoms with Crippen LogP contribution in [-0.4, -0.2) is 25.2 Å². The Morgan fingerprint density at radius 3 is 2.94 bits per heavy atom. The third-order valence-corrected chi connectivity index (χ3v) is 2.50. The predicted molar refractivity (Wildman–Crippen MR) is 58.1 cm³/mol. The lowest BCUT2D eigenvalue weighted by molar-refractivity contribution is 0.517. The molecular weight excluding hydrogens is 206 g/mol. The Balaban J connectivity index is 2.16. The molecule has 7 nitrogen and oxygen atoms in total. The van der Waals surface area contributed by atoms with Gasteiger partial charge in [-0.1, -0.05) is 0 Å². The van der Waals surface area contributed by atoms with Crippen LogP contribution in [0.3, 0.4) is 0 Å². The summed E-state index contributed by atoms with van der Waals surface area (Å²) in [7, 11) is 1.92. The van der Waals surface area contributed by atoms with Gasteiger partial charge in [-0.15, -0.1) is 0 Å². The molecule has 0 aromatic carbocycles. The summed E-state index contributed by atoms with van der Waals surface area (Å²) >= 11 is 0. The molecule has 0 radical (unpaired) electrons. The van der Waals surface area contributed by atoms with Crippen molar-refractivity contribution in [1.82, 2.24) is 30.6 Å². The van der Waals surface area contributed by atoms with E-state index in [1.54, 1.807) is 6.20 Å². The molecule has 7 heteroatoms. The molecular formula is C9H15N7. The lowest BCUT2D eigenvalue weighted by Crippen LogP contribution is -2.30. The number of nitrogens with two attached hydrogens (primary N) is 1. The molecule has 0 aliphatic carbocycles. The van der Waals surface area contributed by atoms with Crippen molar-refractivity contribution in [2.45, 2.75) is 19.4 Å². The van der Waals surface area contributed by atoms with Crippen LogP contribution < -0.4 is 11.3 Å². The molecule has 2 aromatic rings. The first kappa shape index (κ1) is 10.8. The fourth-order valence-electron chi connectivity index (χ4n) is 1.69. The molecule has 2 rings (SSSR count). The number of rotatable bonds is 4. The second-order valence-corrected chi connectivity index (χ2v) is 3.72. The molecule has 0 amide bonds. The topological polar surface area (TPSA) is 97.4 Å². The number of aromatic nitrogens is 5. The monoisotopic (exact) mass is 221 g/mol. The Hall–Kier alpha value is -1.73. The quantitative estimate of drug-likeness (QED) is 0.482. The standard InChI is InChI=1S/C9H15N7/c1-6-3-7(16(2)14-6)4-8(12-10)9-5-11-15-13-9/h3,5,8,12H,4,10H2,1-2H3,(H,11,13,15). The fourth-order valence-corrected chi connectivity index (χ4v) is 1.69. The summed E-state index contributed by atoms with van der Waals surface area (Å²) in [6.07, 6.45) is 2.38. The minimum atomic E-state index is -0.0615. The molecule has 2 aromatic heterocycles. The predicted octanol–water partition coefficient (Wildman–Crippen LogP) is -0.406. The molecule has 0 spiro atoms. The zero-order chi connectivity index (χ0) is 11.5. The number of nitrogens with zero attached hydrogens (tertiary/aromatic N) is 4. The molecule has 0 aliphatic rings. The van der Waals surface area contributed by atoms with Crippen LogP contribution in [0.25, 0.3) is 0 Å². The molecule has 1 atom stereocenters. The minimum absolute atomic E-state index is 0.0615. The van der Waals surface area contributed by atoms with E-state index in [-0.39, 0.29) is 6.04 Å². The van der Waals surface area contributed by atoms with E-state index in [1.165, 1.54) is 0 Å². The van der Waals surface area contributed by atoms with Crippen LogP contribution in [0.15, 0.2) is 12.3 Å². The minimum Gasteiger partial charge on any atom is -0.272 e. The van der Waals surface area contributed by atoms with Gasteiger partial charge >= 0.3 is 0 Å². The molecule has 0 bridgehead atoms. The lowest BCUT2D eigenvalue weighted by atomic mass is 10.1. The van der Waals surface area contributed by atoms with Gasteiger partial charge in [0.25, 0.3) is 0 Å². The van der Waals surface area contributed by atoms with Crippen LogP contribution in [0.1, 0.15) is 23.1 Å². The number of nitrogens with one attached hydrogen (secondary N) is 2.